The molecule has 0 aromatic heterocycles. The summed E-state index contributed by atoms with van der Waals surface area (Å²) in [5.74, 6) is 0.229. The van der Waals surface area contributed by atoms with Crippen LogP contribution in [0.3, 0.4) is 0 Å². The molecule has 0 spiro atoms. The van der Waals surface area contributed by atoms with Gasteiger partial charge in [-0.25, -0.2) is 0 Å². The van der Waals surface area contributed by atoms with Crippen molar-refractivity contribution in [1.29, 1.82) is 0 Å². The van der Waals surface area contributed by atoms with Gasteiger partial charge < -0.3 is 9.63 Å². The van der Waals surface area contributed by atoms with E-state index in [0.717, 1.165) is 0 Å². The summed E-state index contributed by atoms with van der Waals surface area (Å²) in [7, 11) is -2.95. The van der Waals surface area contributed by atoms with Crippen LogP contribution in [0.25, 0.3) is 0 Å². The molecular formula is C13H13O3P. The maximum absolute atomic E-state index is 12.4. The number of phenols is 1. The molecule has 0 amide bonds. The van der Waals surface area contributed by atoms with Crippen molar-refractivity contribution in [3.63, 3.8) is 0 Å². The zero-order chi connectivity index (χ0) is 12.3. The third kappa shape index (κ3) is 2.69. The Balaban J connectivity index is 2.30. The fraction of sp³-hybridized carbons (Fsp3) is 0.0769. The van der Waals surface area contributed by atoms with Gasteiger partial charge in [-0.15, -0.1) is 0 Å². The number of aromatic hydroxyl groups is 1. The largest absolute Gasteiger partial charge is 0.504 e. The van der Waals surface area contributed by atoms with E-state index in [9.17, 15) is 9.67 Å². The van der Waals surface area contributed by atoms with Gasteiger partial charge in [-0.3, -0.25) is 4.57 Å². The summed E-state index contributed by atoms with van der Waals surface area (Å²) >= 11 is 0. The smallest absolute Gasteiger partial charge is 0.274 e. The molecule has 0 radical (unpaired) electrons. The van der Waals surface area contributed by atoms with Crippen molar-refractivity contribution in [2.75, 3.05) is 6.66 Å². The molecule has 1 atom stereocenters. The predicted molar refractivity (Wildman–Crippen MR) is 68.3 cm³/mol. The predicted octanol–water partition coefficient (Wildman–Crippen LogP) is 3.00. The zero-order valence-electron chi connectivity index (χ0n) is 9.41. The fourth-order valence-electron chi connectivity index (χ4n) is 1.47. The highest BCUT2D eigenvalue weighted by Gasteiger charge is 2.21. The van der Waals surface area contributed by atoms with E-state index in [0.29, 0.717) is 5.30 Å². The Morgan fingerprint density at radius 1 is 1.00 bits per heavy atom. The van der Waals surface area contributed by atoms with Gasteiger partial charge in [-0.05, 0) is 24.3 Å². The molecule has 0 aliphatic heterocycles. The molecule has 0 fully saturated rings. The highest BCUT2D eigenvalue weighted by atomic mass is 31.2. The molecule has 1 N–H and O–H groups in total. The van der Waals surface area contributed by atoms with E-state index in [2.05, 4.69) is 0 Å². The van der Waals surface area contributed by atoms with Gasteiger partial charge in [0.2, 0.25) is 0 Å². The maximum Gasteiger partial charge on any atom is 0.274 e. The average Bonchev–Trinajstić information content (AvgIpc) is 2.33. The minimum atomic E-state index is -2.95. The molecule has 0 heterocycles. The van der Waals surface area contributed by atoms with Gasteiger partial charge in [0.25, 0.3) is 7.37 Å². The second-order valence-electron chi connectivity index (χ2n) is 3.74. The topological polar surface area (TPSA) is 46.5 Å². The third-order valence-corrected chi connectivity index (χ3v) is 4.14. The first-order valence-corrected chi connectivity index (χ1v) is 7.27. The minimum Gasteiger partial charge on any atom is -0.504 e. The van der Waals surface area contributed by atoms with Crippen LogP contribution >= 0.6 is 7.37 Å². The number of benzene rings is 2. The fourth-order valence-corrected chi connectivity index (χ4v) is 2.82. The van der Waals surface area contributed by atoms with Gasteiger partial charge in [0, 0.05) is 12.0 Å². The van der Waals surface area contributed by atoms with E-state index in [1.165, 1.54) is 12.7 Å². The lowest BCUT2D eigenvalue weighted by Crippen LogP contribution is -2.07. The minimum absolute atomic E-state index is 0.00879. The van der Waals surface area contributed by atoms with Crippen LogP contribution in [0.2, 0.25) is 0 Å². The highest BCUT2D eigenvalue weighted by molar-refractivity contribution is 7.66. The number of phenolic OH excluding ortho intramolecular Hbond substituents is 1. The van der Waals surface area contributed by atoms with Crippen LogP contribution in [0.5, 0.6) is 11.5 Å². The van der Waals surface area contributed by atoms with Crippen LogP contribution in [0, 0.1) is 0 Å². The van der Waals surface area contributed by atoms with Crippen LogP contribution < -0.4 is 9.83 Å². The Morgan fingerprint density at radius 3 is 2.24 bits per heavy atom. The van der Waals surface area contributed by atoms with E-state index in [-0.39, 0.29) is 11.5 Å². The molecule has 0 saturated carbocycles. The maximum atomic E-state index is 12.4. The monoisotopic (exact) mass is 248 g/mol. The van der Waals surface area contributed by atoms with E-state index in [1.807, 2.05) is 6.07 Å². The van der Waals surface area contributed by atoms with Crippen LogP contribution in [-0.4, -0.2) is 11.8 Å². The molecule has 0 bridgehead atoms. The van der Waals surface area contributed by atoms with Crippen molar-refractivity contribution in [3.8, 4) is 11.5 Å². The lowest BCUT2D eigenvalue weighted by Gasteiger charge is -2.16. The Hall–Kier alpha value is -1.73. The van der Waals surface area contributed by atoms with E-state index >= 15 is 0 Å². The normalized spacial score (nSPS) is 13.9. The third-order valence-electron chi connectivity index (χ3n) is 2.36. The molecule has 17 heavy (non-hydrogen) atoms. The Bertz CT molecular complexity index is 552. The van der Waals surface area contributed by atoms with Crippen LogP contribution in [0.1, 0.15) is 0 Å². The average molecular weight is 248 g/mol. The second-order valence-corrected chi connectivity index (χ2v) is 6.13. The summed E-state index contributed by atoms with van der Waals surface area (Å²) in [6.45, 7) is 1.54. The zero-order valence-corrected chi connectivity index (χ0v) is 10.3. The van der Waals surface area contributed by atoms with Crippen molar-refractivity contribution in [2.24, 2.45) is 0 Å². The molecule has 3 nitrogen and oxygen atoms in total. The Labute approximate surface area is 100 Å². The Morgan fingerprint density at radius 2 is 1.59 bits per heavy atom. The Kier molecular flexibility index (Phi) is 3.21. The number of hydrogen-bond donors (Lipinski definition) is 1. The first-order chi connectivity index (χ1) is 8.09. The molecular weight excluding hydrogens is 235 g/mol. The molecule has 0 aliphatic rings. The standard InChI is InChI=1S/C13H13O3P/c1-17(15,11-7-3-2-4-8-11)16-13-10-6-5-9-12(13)14/h2-10,14H,1H3. The first kappa shape index (κ1) is 11.7. The second kappa shape index (κ2) is 4.64. The summed E-state index contributed by atoms with van der Waals surface area (Å²) in [5, 5.41) is 10.2. The van der Waals surface area contributed by atoms with Gasteiger partial charge in [0.15, 0.2) is 11.5 Å². The van der Waals surface area contributed by atoms with E-state index < -0.39 is 7.37 Å². The van der Waals surface area contributed by atoms with Gasteiger partial charge in [-0.1, -0.05) is 30.3 Å². The molecule has 88 valence electrons. The molecule has 0 aliphatic carbocycles. The summed E-state index contributed by atoms with van der Waals surface area (Å²) in [5.41, 5.74) is 0. The molecule has 4 heteroatoms. The van der Waals surface area contributed by atoms with Crippen molar-refractivity contribution >= 4 is 12.7 Å². The molecule has 0 saturated heterocycles. The SMILES string of the molecule is CP(=O)(Oc1ccccc1O)c1ccccc1. The van der Waals surface area contributed by atoms with Crippen LogP contribution in [0.15, 0.2) is 54.6 Å². The van der Waals surface area contributed by atoms with Crippen LogP contribution in [0.4, 0.5) is 0 Å². The van der Waals surface area contributed by atoms with E-state index in [4.69, 9.17) is 4.52 Å². The van der Waals surface area contributed by atoms with Gasteiger partial charge in [0.05, 0.1) is 0 Å². The molecule has 1 unspecified atom stereocenters. The highest BCUT2D eigenvalue weighted by Crippen LogP contribution is 2.44. The number of para-hydroxylation sites is 2. The van der Waals surface area contributed by atoms with Gasteiger partial charge >= 0.3 is 0 Å². The van der Waals surface area contributed by atoms with E-state index in [1.54, 1.807) is 42.5 Å². The van der Waals surface area contributed by atoms with Crippen molar-refractivity contribution in [2.45, 2.75) is 0 Å². The summed E-state index contributed by atoms with van der Waals surface area (Å²) < 4.78 is 17.8. The van der Waals surface area contributed by atoms with Crippen LogP contribution in [-0.2, 0) is 4.57 Å². The quantitative estimate of drug-likeness (QED) is 0.849. The summed E-state index contributed by atoms with van der Waals surface area (Å²) in [6.07, 6.45) is 0. The molecule has 2 aromatic rings. The molecule has 2 aromatic carbocycles. The van der Waals surface area contributed by atoms with Crippen molar-refractivity contribution < 1.29 is 14.2 Å². The lowest BCUT2D eigenvalue weighted by molar-refractivity contribution is 0.433. The summed E-state index contributed by atoms with van der Waals surface area (Å²) in [6, 6.07) is 15.5. The summed E-state index contributed by atoms with van der Waals surface area (Å²) in [4.78, 5) is 0. The van der Waals surface area contributed by atoms with Crippen molar-refractivity contribution in [1.82, 2.24) is 0 Å². The first-order valence-electron chi connectivity index (χ1n) is 5.20. The number of rotatable bonds is 3. The van der Waals surface area contributed by atoms with Crippen molar-refractivity contribution in [3.05, 3.63) is 54.6 Å². The van der Waals surface area contributed by atoms with Gasteiger partial charge in [0.1, 0.15) is 0 Å². The number of hydrogen-bond acceptors (Lipinski definition) is 3. The lowest BCUT2D eigenvalue weighted by atomic mass is 10.3. The van der Waals surface area contributed by atoms with Gasteiger partial charge in [-0.2, -0.15) is 0 Å². The molecule has 2 rings (SSSR count).